The van der Waals surface area contributed by atoms with Crippen LogP contribution in [-0.4, -0.2) is 23.0 Å². The molecule has 0 saturated carbocycles. The van der Waals surface area contributed by atoms with Gasteiger partial charge in [-0.15, -0.1) is 0 Å². The minimum atomic E-state index is -0.334. The zero-order valence-corrected chi connectivity index (χ0v) is 15.5. The summed E-state index contributed by atoms with van der Waals surface area (Å²) in [4.78, 5) is 16.7. The number of fused-ring (bicyclic) bond motifs is 1. The third-order valence-electron chi connectivity index (χ3n) is 4.37. The van der Waals surface area contributed by atoms with Crippen LogP contribution in [0.2, 0.25) is 0 Å². The summed E-state index contributed by atoms with van der Waals surface area (Å²) in [5.74, 6) is 0.622. The molecule has 2 atom stereocenters. The summed E-state index contributed by atoms with van der Waals surface area (Å²) < 4.78 is 5.47. The lowest BCUT2D eigenvalue weighted by atomic mass is 10.1. The highest BCUT2D eigenvalue weighted by Crippen LogP contribution is 2.20. The second-order valence-electron chi connectivity index (χ2n) is 6.72. The van der Waals surface area contributed by atoms with Gasteiger partial charge in [-0.1, -0.05) is 30.3 Å². The van der Waals surface area contributed by atoms with Crippen LogP contribution < -0.4 is 10.6 Å². The van der Waals surface area contributed by atoms with Crippen molar-refractivity contribution < 1.29 is 9.21 Å². The van der Waals surface area contributed by atoms with E-state index < -0.39 is 0 Å². The third-order valence-corrected chi connectivity index (χ3v) is 4.37. The molecule has 0 fully saturated rings. The lowest BCUT2D eigenvalue weighted by Crippen LogP contribution is -2.42. The standard InChI is InChI=1S/C21H25N3O2/c1-14(9-10-17-7-5-4-6-8-17)22-21(25)15(2)23-18-11-12-20-19(13-18)24-16(3)26-20/h4-8,11-15,23H,9-10H2,1-3H3,(H,22,25)/t14-,15+/m1/s1. The number of anilines is 1. The molecule has 1 aromatic heterocycles. The van der Waals surface area contributed by atoms with E-state index in [1.807, 2.05) is 57.2 Å². The van der Waals surface area contributed by atoms with Crippen molar-refractivity contribution in [3.8, 4) is 0 Å². The maximum absolute atomic E-state index is 12.4. The Kier molecular flexibility index (Phi) is 5.56. The molecule has 2 N–H and O–H groups in total. The van der Waals surface area contributed by atoms with Gasteiger partial charge >= 0.3 is 0 Å². The van der Waals surface area contributed by atoms with Crippen molar-refractivity contribution in [1.29, 1.82) is 0 Å². The first-order valence-electron chi connectivity index (χ1n) is 8.99. The summed E-state index contributed by atoms with van der Waals surface area (Å²) in [6, 6.07) is 15.8. The van der Waals surface area contributed by atoms with Crippen molar-refractivity contribution in [1.82, 2.24) is 10.3 Å². The zero-order chi connectivity index (χ0) is 18.5. The fraction of sp³-hybridized carbons (Fsp3) is 0.333. The van der Waals surface area contributed by atoms with Crippen LogP contribution in [0.25, 0.3) is 11.1 Å². The Morgan fingerprint density at radius 2 is 1.92 bits per heavy atom. The number of rotatable bonds is 7. The number of carbonyl (C=O) groups excluding carboxylic acids is 1. The van der Waals surface area contributed by atoms with Crippen molar-refractivity contribution in [2.75, 3.05) is 5.32 Å². The largest absolute Gasteiger partial charge is 0.441 e. The maximum Gasteiger partial charge on any atom is 0.242 e. The predicted molar refractivity (Wildman–Crippen MR) is 104 cm³/mol. The minimum absolute atomic E-state index is 0.0120. The molecule has 0 aliphatic heterocycles. The summed E-state index contributed by atoms with van der Waals surface area (Å²) in [5, 5.41) is 6.30. The van der Waals surface area contributed by atoms with Gasteiger partial charge in [0, 0.05) is 18.7 Å². The molecule has 0 aliphatic carbocycles. The number of amides is 1. The Morgan fingerprint density at radius 1 is 1.15 bits per heavy atom. The van der Waals surface area contributed by atoms with Crippen molar-refractivity contribution in [2.45, 2.75) is 45.7 Å². The summed E-state index contributed by atoms with van der Waals surface area (Å²) >= 11 is 0. The molecule has 1 amide bonds. The van der Waals surface area contributed by atoms with Crippen LogP contribution in [0.4, 0.5) is 5.69 Å². The van der Waals surface area contributed by atoms with E-state index in [1.54, 1.807) is 0 Å². The van der Waals surface area contributed by atoms with Crippen molar-refractivity contribution in [2.24, 2.45) is 0 Å². The van der Waals surface area contributed by atoms with Gasteiger partial charge in [0.15, 0.2) is 11.5 Å². The highest BCUT2D eigenvalue weighted by molar-refractivity contribution is 5.85. The van der Waals surface area contributed by atoms with Crippen molar-refractivity contribution >= 4 is 22.7 Å². The van der Waals surface area contributed by atoms with E-state index in [1.165, 1.54) is 5.56 Å². The molecule has 5 heteroatoms. The fourth-order valence-corrected chi connectivity index (χ4v) is 2.92. The number of hydrogen-bond acceptors (Lipinski definition) is 4. The number of carbonyl (C=O) groups is 1. The summed E-state index contributed by atoms with van der Waals surface area (Å²) in [6.07, 6.45) is 1.86. The van der Waals surface area contributed by atoms with Crippen LogP contribution in [0, 0.1) is 6.92 Å². The molecule has 0 bridgehead atoms. The van der Waals surface area contributed by atoms with Gasteiger partial charge in [-0.25, -0.2) is 4.98 Å². The van der Waals surface area contributed by atoms with Crippen LogP contribution in [-0.2, 0) is 11.2 Å². The molecule has 26 heavy (non-hydrogen) atoms. The number of aromatic nitrogens is 1. The SMILES string of the molecule is Cc1nc2cc(N[C@@H](C)C(=O)N[C@H](C)CCc3ccccc3)ccc2o1. The molecule has 1 heterocycles. The van der Waals surface area contributed by atoms with Gasteiger partial charge < -0.3 is 15.1 Å². The lowest BCUT2D eigenvalue weighted by Gasteiger charge is -2.19. The number of nitrogens with zero attached hydrogens (tertiary/aromatic N) is 1. The molecule has 0 radical (unpaired) electrons. The zero-order valence-electron chi connectivity index (χ0n) is 15.5. The van der Waals surface area contributed by atoms with E-state index in [9.17, 15) is 4.79 Å². The predicted octanol–water partition coefficient (Wildman–Crippen LogP) is 4.07. The molecule has 0 aliphatic rings. The normalized spacial score (nSPS) is 13.3. The van der Waals surface area contributed by atoms with E-state index in [0.29, 0.717) is 5.89 Å². The van der Waals surface area contributed by atoms with Crippen LogP contribution in [0.3, 0.4) is 0 Å². The van der Waals surface area contributed by atoms with Crippen LogP contribution in [0.1, 0.15) is 31.7 Å². The summed E-state index contributed by atoms with van der Waals surface area (Å²) in [7, 11) is 0. The number of benzene rings is 2. The fourth-order valence-electron chi connectivity index (χ4n) is 2.92. The molecule has 136 valence electrons. The van der Waals surface area contributed by atoms with Crippen LogP contribution >= 0.6 is 0 Å². The van der Waals surface area contributed by atoms with Crippen molar-refractivity contribution in [3.05, 3.63) is 60.0 Å². The van der Waals surface area contributed by atoms with Crippen LogP contribution in [0.5, 0.6) is 0 Å². The molecule has 5 nitrogen and oxygen atoms in total. The first kappa shape index (κ1) is 18.0. The average Bonchev–Trinajstić information content (AvgIpc) is 3.00. The van der Waals surface area contributed by atoms with Crippen LogP contribution in [0.15, 0.2) is 52.9 Å². The second-order valence-corrected chi connectivity index (χ2v) is 6.72. The number of nitrogens with one attached hydrogen (secondary N) is 2. The van der Waals surface area contributed by atoms with E-state index in [0.717, 1.165) is 29.6 Å². The van der Waals surface area contributed by atoms with Gasteiger partial charge in [0.25, 0.3) is 0 Å². The number of hydrogen-bond donors (Lipinski definition) is 2. The highest BCUT2D eigenvalue weighted by atomic mass is 16.3. The van der Waals surface area contributed by atoms with Gasteiger partial charge in [0.2, 0.25) is 5.91 Å². The number of oxazole rings is 1. The van der Waals surface area contributed by atoms with Gasteiger partial charge in [-0.05, 0) is 50.5 Å². The van der Waals surface area contributed by atoms with E-state index in [2.05, 4.69) is 27.8 Å². The molecule has 3 rings (SSSR count). The Hall–Kier alpha value is -2.82. The Labute approximate surface area is 153 Å². The third kappa shape index (κ3) is 4.63. The quantitative estimate of drug-likeness (QED) is 0.673. The second kappa shape index (κ2) is 8.04. The van der Waals surface area contributed by atoms with E-state index in [-0.39, 0.29) is 18.0 Å². The lowest BCUT2D eigenvalue weighted by molar-refractivity contribution is -0.122. The Morgan fingerprint density at radius 3 is 2.69 bits per heavy atom. The van der Waals surface area contributed by atoms with Gasteiger partial charge in [-0.2, -0.15) is 0 Å². The Balaban J connectivity index is 1.51. The first-order valence-corrected chi connectivity index (χ1v) is 8.99. The molecule has 2 aromatic carbocycles. The van der Waals surface area contributed by atoms with Crippen molar-refractivity contribution in [3.63, 3.8) is 0 Å². The summed E-state index contributed by atoms with van der Waals surface area (Å²) in [5.41, 5.74) is 3.68. The minimum Gasteiger partial charge on any atom is -0.441 e. The molecule has 3 aromatic rings. The average molecular weight is 351 g/mol. The van der Waals surface area contributed by atoms with Gasteiger partial charge in [0.1, 0.15) is 11.6 Å². The highest BCUT2D eigenvalue weighted by Gasteiger charge is 2.15. The maximum atomic E-state index is 12.4. The number of aryl methyl sites for hydroxylation is 2. The van der Waals surface area contributed by atoms with E-state index in [4.69, 9.17) is 4.42 Å². The van der Waals surface area contributed by atoms with Gasteiger partial charge in [0.05, 0.1) is 0 Å². The Bertz CT molecular complexity index is 873. The molecular weight excluding hydrogens is 326 g/mol. The molecular formula is C21H25N3O2. The first-order chi connectivity index (χ1) is 12.5. The molecule has 0 spiro atoms. The molecule has 0 unspecified atom stereocenters. The van der Waals surface area contributed by atoms with Gasteiger partial charge in [-0.3, -0.25) is 4.79 Å². The molecule has 0 saturated heterocycles. The van der Waals surface area contributed by atoms with E-state index >= 15 is 0 Å². The smallest absolute Gasteiger partial charge is 0.242 e. The topological polar surface area (TPSA) is 67.2 Å². The summed E-state index contributed by atoms with van der Waals surface area (Å²) in [6.45, 7) is 5.72. The monoisotopic (exact) mass is 351 g/mol.